The Bertz CT molecular complexity index is 1090. The van der Waals surface area contributed by atoms with Crippen LogP contribution in [0.3, 0.4) is 0 Å². The van der Waals surface area contributed by atoms with E-state index >= 15 is 0 Å². The summed E-state index contributed by atoms with van der Waals surface area (Å²) in [5.41, 5.74) is 0.107. The molecule has 0 spiro atoms. The van der Waals surface area contributed by atoms with Gasteiger partial charge in [-0.3, -0.25) is 0 Å². The first-order valence-corrected chi connectivity index (χ1v) is 10.5. The summed E-state index contributed by atoms with van der Waals surface area (Å²) < 4.78 is 12.8. The van der Waals surface area contributed by atoms with E-state index in [0.29, 0.717) is 29.3 Å². The van der Waals surface area contributed by atoms with E-state index in [-0.39, 0.29) is 5.02 Å². The molecule has 1 fully saturated rings. The number of methoxy groups -OCH3 is 1. The Morgan fingerprint density at radius 2 is 1.94 bits per heavy atom. The van der Waals surface area contributed by atoms with Crippen molar-refractivity contribution < 1.29 is 24.8 Å². The third kappa shape index (κ3) is 3.93. The van der Waals surface area contributed by atoms with Crippen LogP contribution < -0.4 is 0 Å². The molecule has 1 aromatic carbocycles. The molecule has 0 bridgehead atoms. The summed E-state index contributed by atoms with van der Waals surface area (Å²) in [6.45, 7) is 2.00. The molecule has 2 aromatic heterocycles. The standard InChI is InChI=1S/C21H23Cl2N3O5/c1-21(29,11-3-4-13(22)14(23)9-11)18-16(27)17(28)20(31-18)26-7-5-12-15(6-8-30-2)24-10-25-19(12)26/h3-5,7,9-10,16-18,20,27-29H,6,8H2,1-2H3/t16-,17+,18-,20+,21+/m0/s1. The fourth-order valence-electron chi connectivity index (χ4n) is 3.96. The van der Waals surface area contributed by atoms with Gasteiger partial charge in [-0.1, -0.05) is 29.3 Å². The van der Waals surface area contributed by atoms with E-state index < -0.39 is 30.1 Å². The molecule has 1 aliphatic rings. The van der Waals surface area contributed by atoms with Crippen LogP contribution in [0, 0.1) is 0 Å². The summed E-state index contributed by atoms with van der Waals surface area (Å²) in [4.78, 5) is 8.63. The molecule has 1 saturated heterocycles. The van der Waals surface area contributed by atoms with E-state index in [0.717, 1.165) is 11.1 Å². The van der Waals surface area contributed by atoms with Crippen molar-refractivity contribution in [1.82, 2.24) is 14.5 Å². The van der Waals surface area contributed by atoms with Gasteiger partial charge in [0.2, 0.25) is 0 Å². The number of rotatable bonds is 6. The van der Waals surface area contributed by atoms with Crippen molar-refractivity contribution in [2.45, 2.75) is 43.5 Å². The largest absolute Gasteiger partial charge is 0.387 e. The minimum absolute atomic E-state index is 0.265. The van der Waals surface area contributed by atoms with Gasteiger partial charge in [-0.15, -0.1) is 0 Å². The molecule has 0 aliphatic carbocycles. The number of fused-ring (bicyclic) bond motifs is 1. The maximum absolute atomic E-state index is 11.2. The van der Waals surface area contributed by atoms with Crippen molar-refractivity contribution in [3.8, 4) is 0 Å². The lowest BCUT2D eigenvalue weighted by molar-refractivity contribution is -0.135. The number of aliphatic hydroxyl groups is 3. The predicted octanol–water partition coefficient (Wildman–Crippen LogP) is 2.45. The van der Waals surface area contributed by atoms with E-state index in [1.54, 1.807) is 30.0 Å². The van der Waals surface area contributed by atoms with Gasteiger partial charge >= 0.3 is 0 Å². The van der Waals surface area contributed by atoms with Crippen molar-refractivity contribution in [3.05, 3.63) is 58.1 Å². The quantitative estimate of drug-likeness (QED) is 0.510. The highest BCUT2D eigenvalue weighted by molar-refractivity contribution is 6.42. The van der Waals surface area contributed by atoms with Gasteiger partial charge in [-0.05, 0) is 30.7 Å². The molecule has 0 amide bonds. The summed E-state index contributed by atoms with van der Waals surface area (Å²) in [6.07, 6.45) is -0.995. The maximum atomic E-state index is 11.2. The van der Waals surface area contributed by atoms with E-state index in [1.807, 2.05) is 6.07 Å². The first-order valence-electron chi connectivity index (χ1n) is 9.74. The molecular formula is C21H23Cl2N3O5. The zero-order chi connectivity index (χ0) is 22.3. The topological polar surface area (TPSA) is 110 Å². The summed E-state index contributed by atoms with van der Waals surface area (Å²) in [7, 11) is 1.62. The number of hydrogen-bond acceptors (Lipinski definition) is 7. The fraction of sp³-hybridized carbons (Fsp3) is 0.429. The lowest BCUT2D eigenvalue weighted by Crippen LogP contribution is -2.45. The van der Waals surface area contributed by atoms with Gasteiger partial charge in [0.05, 0.1) is 22.3 Å². The van der Waals surface area contributed by atoms with Gasteiger partial charge in [0.25, 0.3) is 0 Å². The van der Waals surface area contributed by atoms with Gasteiger partial charge in [0, 0.05) is 25.1 Å². The molecule has 3 heterocycles. The first-order chi connectivity index (χ1) is 14.8. The highest BCUT2D eigenvalue weighted by Gasteiger charge is 2.52. The van der Waals surface area contributed by atoms with Crippen molar-refractivity contribution in [2.75, 3.05) is 13.7 Å². The monoisotopic (exact) mass is 467 g/mol. The molecule has 3 N–H and O–H groups in total. The average Bonchev–Trinajstić information content (AvgIpc) is 3.30. The smallest absolute Gasteiger partial charge is 0.164 e. The third-order valence-electron chi connectivity index (χ3n) is 5.71. The molecule has 10 heteroatoms. The summed E-state index contributed by atoms with van der Waals surface area (Å²) in [5.74, 6) is 0. The Kier molecular flexibility index (Phi) is 6.24. The van der Waals surface area contributed by atoms with Gasteiger partial charge in [0.1, 0.15) is 35.9 Å². The average molecular weight is 468 g/mol. The lowest BCUT2D eigenvalue weighted by Gasteiger charge is -2.32. The summed E-state index contributed by atoms with van der Waals surface area (Å²) in [5, 5.41) is 34.1. The molecule has 8 nitrogen and oxygen atoms in total. The SMILES string of the molecule is COCCc1ncnc2c1ccn2[C@@H]1O[C@H]([C@](C)(O)c2ccc(Cl)c(Cl)c2)[C@@H](O)[C@H]1O. The van der Waals surface area contributed by atoms with Gasteiger partial charge in [0.15, 0.2) is 6.23 Å². The second-order valence-electron chi connectivity index (χ2n) is 7.73. The van der Waals surface area contributed by atoms with Crippen molar-refractivity contribution in [2.24, 2.45) is 0 Å². The van der Waals surface area contributed by atoms with Crippen LogP contribution >= 0.6 is 23.2 Å². The van der Waals surface area contributed by atoms with Crippen LogP contribution in [0.1, 0.15) is 24.4 Å². The second kappa shape index (κ2) is 8.63. The normalized spacial score (nSPS) is 25.8. The molecule has 0 unspecified atom stereocenters. The lowest BCUT2D eigenvalue weighted by atomic mass is 9.87. The van der Waals surface area contributed by atoms with Crippen LogP contribution in [0.2, 0.25) is 10.0 Å². The molecule has 1 aliphatic heterocycles. The van der Waals surface area contributed by atoms with E-state index in [2.05, 4.69) is 9.97 Å². The summed E-state index contributed by atoms with van der Waals surface area (Å²) in [6, 6.07) is 6.50. The number of aliphatic hydroxyl groups excluding tert-OH is 2. The van der Waals surface area contributed by atoms with Crippen LogP contribution in [0.5, 0.6) is 0 Å². The molecule has 3 aromatic rings. The Labute approximate surface area is 189 Å². The number of benzene rings is 1. The Balaban J connectivity index is 1.67. The highest BCUT2D eigenvalue weighted by atomic mass is 35.5. The molecule has 0 radical (unpaired) electrons. The second-order valence-corrected chi connectivity index (χ2v) is 8.54. The zero-order valence-corrected chi connectivity index (χ0v) is 18.5. The predicted molar refractivity (Wildman–Crippen MR) is 115 cm³/mol. The zero-order valence-electron chi connectivity index (χ0n) is 16.9. The van der Waals surface area contributed by atoms with Gasteiger partial charge in [-0.25, -0.2) is 9.97 Å². The van der Waals surface area contributed by atoms with Crippen LogP contribution in [-0.2, 0) is 21.5 Å². The fourth-order valence-corrected chi connectivity index (χ4v) is 4.25. The number of ether oxygens (including phenoxy) is 2. The van der Waals surface area contributed by atoms with Crippen LogP contribution in [-0.4, -0.2) is 61.9 Å². The Hall–Kier alpha value is -1.78. The van der Waals surface area contributed by atoms with E-state index in [9.17, 15) is 15.3 Å². The van der Waals surface area contributed by atoms with Crippen molar-refractivity contribution >= 4 is 34.2 Å². The van der Waals surface area contributed by atoms with Crippen LogP contribution in [0.15, 0.2) is 36.8 Å². The minimum atomic E-state index is -1.65. The van der Waals surface area contributed by atoms with Crippen LogP contribution in [0.25, 0.3) is 11.0 Å². The minimum Gasteiger partial charge on any atom is -0.387 e. The van der Waals surface area contributed by atoms with Gasteiger partial charge in [-0.2, -0.15) is 0 Å². The van der Waals surface area contributed by atoms with Crippen molar-refractivity contribution in [1.29, 1.82) is 0 Å². The Morgan fingerprint density at radius 3 is 2.65 bits per heavy atom. The first kappa shape index (κ1) is 22.4. The van der Waals surface area contributed by atoms with Gasteiger partial charge < -0.3 is 29.4 Å². The molecule has 0 saturated carbocycles. The number of hydrogen-bond donors (Lipinski definition) is 3. The van der Waals surface area contributed by atoms with E-state index in [1.165, 1.54) is 19.3 Å². The Morgan fingerprint density at radius 1 is 1.16 bits per heavy atom. The number of nitrogens with zero attached hydrogens (tertiary/aromatic N) is 3. The van der Waals surface area contributed by atoms with E-state index in [4.69, 9.17) is 32.7 Å². The van der Waals surface area contributed by atoms with Crippen molar-refractivity contribution in [3.63, 3.8) is 0 Å². The molecule has 31 heavy (non-hydrogen) atoms. The molecule has 4 rings (SSSR count). The number of halogens is 2. The molecule has 5 atom stereocenters. The molecular weight excluding hydrogens is 445 g/mol. The maximum Gasteiger partial charge on any atom is 0.164 e. The molecule has 166 valence electrons. The highest BCUT2D eigenvalue weighted by Crippen LogP contribution is 2.41. The van der Waals surface area contributed by atoms with Crippen LogP contribution in [0.4, 0.5) is 0 Å². The number of aromatic nitrogens is 3. The summed E-state index contributed by atoms with van der Waals surface area (Å²) >= 11 is 12.1. The third-order valence-corrected chi connectivity index (χ3v) is 6.44.